The van der Waals surface area contributed by atoms with Crippen molar-refractivity contribution in [1.82, 2.24) is 9.97 Å². The van der Waals surface area contributed by atoms with Gasteiger partial charge in [0.05, 0.1) is 24.0 Å². The Labute approximate surface area is 146 Å². The molecule has 1 aromatic carbocycles. The van der Waals surface area contributed by atoms with Crippen molar-refractivity contribution >= 4 is 23.3 Å². The van der Waals surface area contributed by atoms with Gasteiger partial charge in [0.15, 0.2) is 0 Å². The van der Waals surface area contributed by atoms with Crippen LogP contribution in [0.25, 0.3) is 0 Å². The number of esters is 1. The van der Waals surface area contributed by atoms with Crippen LogP contribution in [0.3, 0.4) is 0 Å². The number of hydrogen-bond acceptors (Lipinski definition) is 7. The third-order valence-corrected chi connectivity index (χ3v) is 3.89. The van der Waals surface area contributed by atoms with Gasteiger partial charge < -0.3 is 20.1 Å². The van der Waals surface area contributed by atoms with Gasteiger partial charge in [-0.2, -0.15) is 0 Å². The fourth-order valence-electron chi connectivity index (χ4n) is 2.66. The topological polar surface area (TPSA) is 85.4 Å². The first-order chi connectivity index (χ1) is 12.3. The summed E-state index contributed by atoms with van der Waals surface area (Å²) in [6, 6.07) is 8.98. The van der Waals surface area contributed by atoms with Crippen molar-refractivity contribution in [2.75, 3.05) is 30.4 Å². The molecule has 1 saturated heterocycles. The zero-order valence-corrected chi connectivity index (χ0v) is 14.2. The van der Waals surface area contributed by atoms with Crippen LogP contribution in [0.4, 0.5) is 17.3 Å². The third kappa shape index (κ3) is 4.67. The summed E-state index contributed by atoms with van der Waals surface area (Å²) in [5, 5.41) is 6.42. The van der Waals surface area contributed by atoms with E-state index in [1.807, 2.05) is 12.1 Å². The summed E-state index contributed by atoms with van der Waals surface area (Å²) in [5.74, 6) is 0.944. The van der Waals surface area contributed by atoms with E-state index >= 15 is 0 Å². The highest BCUT2D eigenvalue weighted by Gasteiger charge is 2.15. The summed E-state index contributed by atoms with van der Waals surface area (Å²) in [6.07, 6.45) is 3.88. The fraction of sp³-hybridized carbons (Fsp3) is 0.389. The first kappa shape index (κ1) is 17.2. The van der Waals surface area contributed by atoms with E-state index in [0.29, 0.717) is 29.5 Å². The van der Waals surface area contributed by atoms with E-state index in [9.17, 15) is 4.79 Å². The van der Waals surface area contributed by atoms with Gasteiger partial charge in [-0.1, -0.05) is 12.1 Å². The second-order valence-electron chi connectivity index (χ2n) is 5.70. The molecule has 2 aromatic rings. The molecule has 0 saturated carbocycles. The maximum absolute atomic E-state index is 12.1. The molecule has 1 aliphatic rings. The van der Waals surface area contributed by atoms with Crippen LogP contribution in [0.15, 0.2) is 36.7 Å². The summed E-state index contributed by atoms with van der Waals surface area (Å²) in [4.78, 5) is 20.5. The molecular weight excluding hydrogens is 320 g/mol. The molecule has 3 rings (SSSR count). The lowest BCUT2D eigenvalue weighted by molar-refractivity contribution is 0.0527. The summed E-state index contributed by atoms with van der Waals surface area (Å²) < 4.78 is 10.7. The van der Waals surface area contributed by atoms with Gasteiger partial charge in [0.1, 0.15) is 18.0 Å². The molecule has 25 heavy (non-hydrogen) atoms. The number of anilines is 3. The van der Waals surface area contributed by atoms with Gasteiger partial charge in [-0.05, 0) is 31.9 Å². The lowest BCUT2D eigenvalue weighted by Crippen LogP contribution is -2.19. The Bertz CT molecular complexity index is 717. The first-order valence-corrected chi connectivity index (χ1v) is 8.47. The van der Waals surface area contributed by atoms with E-state index < -0.39 is 0 Å². The van der Waals surface area contributed by atoms with Crippen LogP contribution in [0.2, 0.25) is 0 Å². The zero-order valence-electron chi connectivity index (χ0n) is 14.2. The number of hydrogen-bond donors (Lipinski definition) is 2. The molecule has 132 valence electrons. The van der Waals surface area contributed by atoms with Crippen LogP contribution < -0.4 is 10.6 Å². The molecule has 1 unspecified atom stereocenters. The van der Waals surface area contributed by atoms with E-state index in [1.165, 1.54) is 6.33 Å². The number of ether oxygens (including phenoxy) is 2. The van der Waals surface area contributed by atoms with Gasteiger partial charge in [-0.3, -0.25) is 0 Å². The molecule has 1 atom stereocenters. The van der Waals surface area contributed by atoms with Crippen LogP contribution in [0.5, 0.6) is 0 Å². The average molecular weight is 342 g/mol. The molecule has 0 radical (unpaired) electrons. The molecular formula is C18H22N4O3. The van der Waals surface area contributed by atoms with Crippen LogP contribution in [0.1, 0.15) is 30.1 Å². The summed E-state index contributed by atoms with van der Waals surface area (Å²) in [6.45, 7) is 3.66. The van der Waals surface area contributed by atoms with E-state index in [4.69, 9.17) is 9.47 Å². The largest absolute Gasteiger partial charge is 0.462 e. The van der Waals surface area contributed by atoms with Crippen LogP contribution >= 0.6 is 0 Å². The molecule has 7 nitrogen and oxygen atoms in total. The standard InChI is InChI=1S/C18H22N4O3/c1-2-24-18(23)14-7-3-4-8-15(14)22-17-10-16(20-12-21-17)19-11-13-6-5-9-25-13/h3-4,7-8,10,12-13H,2,5-6,9,11H2,1H3,(H2,19,20,21,22). The van der Waals surface area contributed by atoms with E-state index in [2.05, 4.69) is 20.6 Å². The van der Waals surface area contributed by atoms with Gasteiger partial charge >= 0.3 is 5.97 Å². The zero-order chi connectivity index (χ0) is 17.5. The van der Waals surface area contributed by atoms with Crippen molar-refractivity contribution in [2.24, 2.45) is 0 Å². The lowest BCUT2D eigenvalue weighted by Gasteiger charge is -2.13. The van der Waals surface area contributed by atoms with Gasteiger partial charge in [0.2, 0.25) is 0 Å². The Balaban J connectivity index is 1.68. The molecule has 0 amide bonds. The average Bonchev–Trinajstić information content (AvgIpc) is 3.15. The van der Waals surface area contributed by atoms with Crippen LogP contribution in [-0.4, -0.2) is 41.8 Å². The van der Waals surface area contributed by atoms with Crippen LogP contribution in [0, 0.1) is 0 Å². The number of carbonyl (C=O) groups excluding carboxylic acids is 1. The Hall–Kier alpha value is -2.67. The SMILES string of the molecule is CCOC(=O)c1ccccc1Nc1cc(NCC2CCCO2)ncn1. The highest BCUT2D eigenvalue weighted by molar-refractivity contribution is 5.96. The van der Waals surface area contributed by atoms with Crippen molar-refractivity contribution in [3.63, 3.8) is 0 Å². The van der Waals surface area contributed by atoms with Crippen molar-refractivity contribution in [2.45, 2.75) is 25.9 Å². The second-order valence-corrected chi connectivity index (χ2v) is 5.70. The molecule has 1 fully saturated rings. The van der Waals surface area contributed by atoms with Gasteiger partial charge in [-0.25, -0.2) is 14.8 Å². The van der Waals surface area contributed by atoms with Gasteiger partial charge in [0.25, 0.3) is 0 Å². The van der Waals surface area contributed by atoms with E-state index in [0.717, 1.165) is 26.0 Å². The maximum atomic E-state index is 12.1. The number of nitrogens with zero attached hydrogens (tertiary/aromatic N) is 2. The molecule has 2 heterocycles. The monoisotopic (exact) mass is 342 g/mol. The molecule has 2 N–H and O–H groups in total. The summed E-state index contributed by atoms with van der Waals surface area (Å²) in [7, 11) is 0. The normalized spacial score (nSPS) is 16.4. The summed E-state index contributed by atoms with van der Waals surface area (Å²) >= 11 is 0. The Morgan fingerprint density at radius 2 is 2.16 bits per heavy atom. The first-order valence-electron chi connectivity index (χ1n) is 8.47. The Morgan fingerprint density at radius 1 is 1.32 bits per heavy atom. The lowest BCUT2D eigenvalue weighted by atomic mass is 10.2. The number of nitrogens with one attached hydrogen (secondary N) is 2. The van der Waals surface area contributed by atoms with Crippen molar-refractivity contribution in [3.05, 3.63) is 42.2 Å². The molecule has 0 spiro atoms. The third-order valence-electron chi connectivity index (χ3n) is 3.89. The minimum Gasteiger partial charge on any atom is -0.462 e. The van der Waals surface area contributed by atoms with E-state index in [1.54, 1.807) is 25.1 Å². The minimum absolute atomic E-state index is 0.232. The highest BCUT2D eigenvalue weighted by atomic mass is 16.5. The maximum Gasteiger partial charge on any atom is 0.340 e. The number of benzene rings is 1. The summed E-state index contributed by atoms with van der Waals surface area (Å²) in [5.41, 5.74) is 1.11. The molecule has 1 aliphatic heterocycles. The Kier molecular flexibility index (Phi) is 5.79. The number of aromatic nitrogens is 2. The smallest absolute Gasteiger partial charge is 0.340 e. The number of rotatable bonds is 7. The molecule has 0 aliphatic carbocycles. The fourth-order valence-corrected chi connectivity index (χ4v) is 2.66. The van der Waals surface area contributed by atoms with Crippen molar-refractivity contribution in [3.8, 4) is 0 Å². The minimum atomic E-state index is -0.364. The number of para-hydroxylation sites is 1. The van der Waals surface area contributed by atoms with E-state index in [-0.39, 0.29) is 12.1 Å². The second kappa shape index (κ2) is 8.43. The quantitative estimate of drug-likeness (QED) is 0.748. The molecule has 0 bridgehead atoms. The number of carbonyl (C=O) groups is 1. The Morgan fingerprint density at radius 3 is 2.96 bits per heavy atom. The highest BCUT2D eigenvalue weighted by Crippen LogP contribution is 2.21. The van der Waals surface area contributed by atoms with Crippen molar-refractivity contribution < 1.29 is 14.3 Å². The molecule has 7 heteroatoms. The van der Waals surface area contributed by atoms with Crippen molar-refractivity contribution in [1.29, 1.82) is 0 Å². The molecule has 1 aromatic heterocycles. The van der Waals surface area contributed by atoms with Crippen LogP contribution in [-0.2, 0) is 9.47 Å². The predicted octanol–water partition coefficient (Wildman–Crippen LogP) is 2.99. The van der Waals surface area contributed by atoms with Gasteiger partial charge in [-0.15, -0.1) is 0 Å². The predicted molar refractivity (Wildman–Crippen MR) is 95.2 cm³/mol. The van der Waals surface area contributed by atoms with Gasteiger partial charge in [0, 0.05) is 19.2 Å².